The molecular formula is C22H15ClN4O7S. The minimum atomic E-state index is -0.817. The lowest BCUT2D eigenvalue weighted by Crippen LogP contribution is -2.43. The summed E-state index contributed by atoms with van der Waals surface area (Å²) < 4.78 is 0. The Hall–Kier alpha value is -4.03. The van der Waals surface area contributed by atoms with Crippen LogP contribution in [0, 0.1) is 10.1 Å². The van der Waals surface area contributed by atoms with E-state index in [1.165, 1.54) is 6.07 Å². The molecule has 2 aromatic carbocycles. The molecule has 2 aliphatic rings. The number of carbonyl (C=O) groups excluding carboxylic acids is 5. The Balaban J connectivity index is 1.32. The smallest absolute Gasteiger partial charge is 0.293 e. The molecule has 0 spiro atoms. The van der Waals surface area contributed by atoms with E-state index >= 15 is 0 Å². The van der Waals surface area contributed by atoms with Crippen LogP contribution in [0.5, 0.6) is 0 Å². The van der Waals surface area contributed by atoms with Crippen molar-refractivity contribution in [3.63, 3.8) is 0 Å². The van der Waals surface area contributed by atoms with E-state index in [1.807, 2.05) is 0 Å². The number of rotatable bonds is 7. The fraction of sp³-hybridized carbons (Fsp3) is 0.136. The average molecular weight is 515 g/mol. The van der Waals surface area contributed by atoms with Crippen LogP contribution < -0.4 is 5.32 Å². The molecule has 11 nitrogen and oxygen atoms in total. The Morgan fingerprint density at radius 1 is 1.00 bits per heavy atom. The number of nitro groups is 1. The van der Waals surface area contributed by atoms with Gasteiger partial charge in [0, 0.05) is 30.2 Å². The SMILES string of the molecule is O=C(CN1C(=O)c2ccc([N+](=O)[O-])cc2C1=O)NCCN1C(=O)SC(=Cc2ccc(Cl)cc2)C1=O. The average Bonchev–Trinajstić information content (AvgIpc) is 3.22. The van der Waals surface area contributed by atoms with Crippen molar-refractivity contribution in [1.29, 1.82) is 0 Å². The van der Waals surface area contributed by atoms with E-state index in [0.29, 0.717) is 15.5 Å². The predicted molar refractivity (Wildman–Crippen MR) is 126 cm³/mol. The van der Waals surface area contributed by atoms with Gasteiger partial charge in [-0.2, -0.15) is 0 Å². The van der Waals surface area contributed by atoms with Gasteiger partial charge in [0.05, 0.1) is 21.0 Å². The van der Waals surface area contributed by atoms with E-state index in [1.54, 1.807) is 30.3 Å². The monoisotopic (exact) mass is 514 g/mol. The van der Waals surface area contributed by atoms with Gasteiger partial charge in [-0.15, -0.1) is 0 Å². The molecule has 35 heavy (non-hydrogen) atoms. The van der Waals surface area contributed by atoms with Crippen LogP contribution >= 0.6 is 23.4 Å². The van der Waals surface area contributed by atoms with Crippen LogP contribution in [0.25, 0.3) is 6.08 Å². The molecule has 0 aliphatic carbocycles. The van der Waals surface area contributed by atoms with Crippen molar-refractivity contribution in [2.24, 2.45) is 0 Å². The quantitative estimate of drug-likeness (QED) is 0.257. The topological polar surface area (TPSA) is 147 Å². The fourth-order valence-electron chi connectivity index (χ4n) is 3.45. The largest absolute Gasteiger partial charge is 0.353 e. The Morgan fingerprint density at radius 3 is 2.37 bits per heavy atom. The summed E-state index contributed by atoms with van der Waals surface area (Å²) in [6.07, 6.45) is 1.56. The van der Waals surface area contributed by atoms with Gasteiger partial charge in [-0.25, -0.2) is 0 Å². The molecule has 1 N–H and O–H groups in total. The molecule has 0 atom stereocenters. The van der Waals surface area contributed by atoms with Crippen LogP contribution in [0.2, 0.25) is 5.02 Å². The lowest BCUT2D eigenvalue weighted by atomic mass is 10.1. The minimum absolute atomic E-state index is 0.0290. The molecule has 0 bridgehead atoms. The van der Waals surface area contributed by atoms with Crippen molar-refractivity contribution in [3.8, 4) is 0 Å². The molecule has 2 aliphatic heterocycles. The third-order valence-corrected chi connectivity index (χ3v) is 6.33. The van der Waals surface area contributed by atoms with Crippen molar-refractivity contribution in [2.75, 3.05) is 19.6 Å². The third kappa shape index (κ3) is 4.93. The summed E-state index contributed by atoms with van der Waals surface area (Å²) in [6, 6.07) is 9.98. The first-order valence-electron chi connectivity index (χ1n) is 10.1. The first-order chi connectivity index (χ1) is 16.7. The Morgan fingerprint density at radius 2 is 1.69 bits per heavy atom. The number of hydrogen-bond acceptors (Lipinski definition) is 8. The number of nitro benzene ring substituents is 1. The number of non-ortho nitro benzene ring substituents is 1. The maximum Gasteiger partial charge on any atom is 0.293 e. The van der Waals surface area contributed by atoms with Crippen molar-refractivity contribution in [1.82, 2.24) is 15.1 Å². The third-order valence-electron chi connectivity index (χ3n) is 5.17. The predicted octanol–water partition coefficient (Wildman–Crippen LogP) is 2.70. The zero-order valence-corrected chi connectivity index (χ0v) is 19.3. The highest BCUT2D eigenvalue weighted by molar-refractivity contribution is 8.18. The Labute approximate surface area is 206 Å². The molecule has 13 heteroatoms. The molecule has 4 rings (SSSR count). The summed E-state index contributed by atoms with van der Waals surface area (Å²) in [5.74, 6) is -2.76. The van der Waals surface area contributed by atoms with Gasteiger partial charge in [0.25, 0.3) is 28.6 Å². The van der Waals surface area contributed by atoms with Crippen molar-refractivity contribution < 1.29 is 28.9 Å². The number of hydrogen-bond donors (Lipinski definition) is 1. The Bertz CT molecular complexity index is 1330. The van der Waals surface area contributed by atoms with Crippen molar-refractivity contribution >= 4 is 64.0 Å². The highest BCUT2D eigenvalue weighted by atomic mass is 35.5. The molecular weight excluding hydrogens is 500 g/mol. The second kappa shape index (κ2) is 9.68. The van der Waals surface area contributed by atoms with Gasteiger partial charge in [0.15, 0.2) is 0 Å². The normalized spacial score (nSPS) is 16.3. The summed E-state index contributed by atoms with van der Waals surface area (Å²) in [5, 5.41) is 13.4. The number of thioether (sulfide) groups is 1. The molecule has 0 unspecified atom stereocenters. The van der Waals surface area contributed by atoms with E-state index in [4.69, 9.17) is 11.6 Å². The van der Waals surface area contributed by atoms with Crippen LogP contribution in [0.1, 0.15) is 26.3 Å². The lowest BCUT2D eigenvalue weighted by Gasteiger charge is -2.15. The highest BCUT2D eigenvalue weighted by Crippen LogP contribution is 2.32. The van der Waals surface area contributed by atoms with Crippen LogP contribution in [0.15, 0.2) is 47.4 Å². The molecule has 5 amide bonds. The molecule has 178 valence electrons. The van der Waals surface area contributed by atoms with E-state index in [2.05, 4.69) is 5.32 Å². The Kier molecular flexibility index (Phi) is 6.67. The van der Waals surface area contributed by atoms with Gasteiger partial charge in [0.2, 0.25) is 5.91 Å². The minimum Gasteiger partial charge on any atom is -0.353 e. The summed E-state index contributed by atoms with van der Waals surface area (Å²) in [7, 11) is 0. The maximum absolute atomic E-state index is 12.6. The number of benzene rings is 2. The second-order valence-electron chi connectivity index (χ2n) is 7.42. The van der Waals surface area contributed by atoms with Gasteiger partial charge in [-0.05, 0) is 41.6 Å². The van der Waals surface area contributed by atoms with Gasteiger partial charge in [-0.3, -0.25) is 43.9 Å². The number of amides is 5. The highest BCUT2D eigenvalue weighted by Gasteiger charge is 2.38. The van der Waals surface area contributed by atoms with Crippen LogP contribution in [-0.4, -0.2) is 63.2 Å². The maximum atomic E-state index is 12.6. The van der Waals surface area contributed by atoms with Crippen LogP contribution in [0.4, 0.5) is 10.5 Å². The fourth-order valence-corrected chi connectivity index (χ4v) is 4.44. The summed E-state index contributed by atoms with van der Waals surface area (Å²) in [6.45, 7) is -0.819. The molecule has 0 aromatic heterocycles. The van der Waals surface area contributed by atoms with E-state index < -0.39 is 40.3 Å². The first-order valence-corrected chi connectivity index (χ1v) is 11.3. The zero-order valence-electron chi connectivity index (χ0n) is 17.7. The number of halogens is 1. The number of nitrogens with one attached hydrogen (secondary N) is 1. The van der Waals surface area contributed by atoms with E-state index in [0.717, 1.165) is 28.8 Å². The van der Waals surface area contributed by atoms with E-state index in [9.17, 15) is 34.1 Å². The number of nitrogens with zero attached hydrogens (tertiary/aromatic N) is 3. The zero-order chi connectivity index (χ0) is 25.3. The molecule has 0 radical (unpaired) electrons. The van der Waals surface area contributed by atoms with Gasteiger partial charge >= 0.3 is 0 Å². The molecule has 1 fully saturated rings. The molecule has 2 aromatic rings. The van der Waals surface area contributed by atoms with Crippen molar-refractivity contribution in [3.05, 3.63) is 79.2 Å². The van der Waals surface area contributed by atoms with Gasteiger partial charge in [0.1, 0.15) is 6.54 Å². The summed E-state index contributed by atoms with van der Waals surface area (Å²) in [5.41, 5.74) is 0.166. The molecule has 1 saturated heterocycles. The molecule has 0 saturated carbocycles. The summed E-state index contributed by atoms with van der Waals surface area (Å²) >= 11 is 6.61. The van der Waals surface area contributed by atoms with Gasteiger partial charge < -0.3 is 5.32 Å². The van der Waals surface area contributed by atoms with Gasteiger partial charge in [-0.1, -0.05) is 23.7 Å². The van der Waals surface area contributed by atoms with Crippen LogP contribution in [-0.2, 0) is 9.59 Å². The number of imide groups is 2. The standard InChI is InChI=1S/C22H15ClN4O7S/c23-13-3-1-12(2-4-13)9-17-21(31)25(22(32)35-17)8-7-24-18(28)11-26-19(29)15-6-5-14(27(33)34)10-16(15)20(26)30/h1-6,9-10H,7-8,11H2,(H,24,28). The number of carbonyl (C=O) groups is 5. The van der Waals surface area contributed by atoms with Crippen LogP contribution in [0.3, 0.4) is 0 Å². The lowest BCUT2D eigenvalue weighted by molar-refractivity contribution is -0.384. The van der Waals surface area contributed by atoms with Crippen molar-refractivity contribution in [2.45, 2.75) is 0 Å². The number of fused-ring (bicyclic) bond motifs is 1. The second-order valence-corrected chi connectivity index (χ2v) is 8.85. The molecule has 2 heterocycles. The van der Waals surface area contributed by atoms with E-state index in [-0.39, 0.29) is 34.8 Å². The first kappa shape index (κ1) is 24.1. The summed E-state index contributed by atoms with van der Waals surface area (Å²) in [4.78, 5) is 74.1.